The first kappa shape index (κ1) is 6.79. The summed E-state index contributed by atoms with van der Waals surface area (Å²) in [5.74, 6) is 0. The topological polar surface area (TPSA) is 0 Å². The van der Waals surface area contributed by atoms with Crippen molar-refractivity contribution in [2.75, 3.05) is 5.08 Å². The van der Waals surface area contributed by atoms with E-state index in [2.05, 4.69) is 10.8 Å². The van der Waals surface area contributed by atoms with Crippen LogP contribution in [0.3, 0.4) is 0 Å². The van der Waals surface area contributed by atoms with Crippen LogP contribution in [0.5, 0.6) is 0 Å². The maximum atomic E-state index is 2.12. The molecule has 0 nitrogen and oxygen atoms in total. The Hall–Kier alpha value is 0.790. The summed E-state index contributed by atoms with van der Waals surface area (Å²) in [6.45, 7) is 0. The van der Waals surface area contributed by atoms with Crippen molar-refractivity contribution in [3.8, 4) is 0 Å². The highest BCUT2D eigenvalue weighted by atomic mass is 32.2. The molecule has 0 fully saturated rings. The highest BCUT2D eigenvalue weighted by Gasteiger charge is 1.85. The molecule has 1 rings (SSSR count). The lowest BCUT2D eigenvalue weighted by molar-refractivity contribution is 2.33. The minimum absolute atomic E-state index is 0. The van der Waals surface area contributed by atoms with E-state index in [4.69, 9.17) is 0 Å². The summed E-state index contributed by atoms with van der Waals surface area (Å²) in [6, 6.07) is 0. The smallest absolute Gasteiger partial charge is 0.0475 e. The zero-order valence-electron chi connectivity index (χ0n) is 3.18. The van der Waals surface area contributed by atoms with E-state index in [1.54, 1.807) is 0 Å². The molecule has 0 unspecified atom stereocenters. The lowest BCUT2D eigenvalue weighted by atomic mass is 11.3. The van der Waals surface area contributed by atoms with Crippen molar-refractivity contribution in [1.29, 1.82) is 0 Å². The summed E-state index contributed by atoms with van der Waals surface area (Å²) in [7, 11) is 0. The van der Waals surface area contributed by atoms with Gasteiger partial charge >= 0.3 is 0 Å². The first-order valence-corrected chi connectivity index (χ1v) is 3.48. The Morgan fingerprint density at radius 1 is 1.17 bits per heavy atom. The van der Waals surface area contributed by atoms with E-state index >= 15 is 0 Å². The van der Waals surface area contributed by atoms with Crippen LogP contribution in [0.25, 0.3) is 0 Å². The van der Waals surface area contributed by atoms with Gasteiger partial charge in [-0.3, -0.25) is 0 Å². The Kier molecular flexibility index (Phi) is 4.48. The van der Waals surface area contributed by atoms with Crippen molar-refractivity contribution in [3.63, 3.8) is 0 Å². The van der Waals surface area contributed by atoms with Gasteiger partial charge in [-0.25, -0.2) is 0 Å². The fourth-order valence-electron chi connectivity index (χ4n) is 0.196. The Bertz CT molecular complexity index is 44.0. The van der Waals surface area contributed by atoms with Gasteiger partial charge in [-0.1, -0.05) is 0 Å². The Morgan fingerprint density at radius 2 is 1.67 bits per heavy atom. The lowest BCUT2D eigenvalue weighted by Gasteiger charge is -1.69. The molecule has 0 amide bonds. The van der Waals surface area contributed by atoms with Gasteiger partial charge in [0.2, 0.25) is 0 Å². The molecule has 0 N–H and O–H groups in total. The van der Waals surface area contributed by atoms with Crippen molar-refractivity contribution in [2.45, 2.75) is 0 Å². The molecule has 0 saturated heterocycles. The van der Waals surface area contributed by atoms with Gasteiger partial charge in [0.15, 0.2) is 0 Å². The Labute approximate surface area is 53.2 Å². The predicted molar refractivity (Wildman–Crippen MR) is 39.6 cm³/mol. The van der Waals surface area contributed by atoms with Crippen LogP contribution in [0, 0.1) is 0 Å². The average Bonchev–Trinajstić information content (AvgIpc) is 1.76. The average molecular weight is 138 g/mol. The number of thioether (sulfide) groups is 2. The van der Waals surface area contributed by atoms with Crippen molar-refractivity contribution in [3.05, 3.63) is 10.8 Å². The second kappa shape index (κ2) is 3.96. The van der Waals surface area contributed by atoms with Crippen LogP contribution in [0.2, 0.25) is 0 Å². The number of hydrogen-bond donors (Lipinski definition) is 0. The van der Waals surface area contributed by atoms with Crippen LogP contribution in [0.4, 0.5) is 0 Å². The van der Waals surface area contributed by atoms with Gasteiger partial charge < -0.3 is 0 Å². The Balaban J connectivity index is 0.000000250. The molecule has 0 radical (unpaired) electrons. The summed E-state index contributed by atoms with van der Waals surface area (Å²) in [5.41, 5.74) is 0. The maximum Gasteiger partial charge on any atom is 0.0475 e. The minimum Gasteiger partial charge on any atom is -0.197 e. The van der Waals surface area contributed by atoms with Crippen molar-refractivity contribution in [1.82, 2.24) is 0 Å². The van der Waals surface area contributed by atoms with E-state index in [0.717, 1.165) is 0 Å². The van der Waals surface area contributed by atoms with Crippen molar-refractivity contribution < 1.29 is 0 Å². The van der Waals surface area contributed by atoms with E-state index in [0.29, 0.717) is 0 Å². The zero-order chi connectivity index (χ0) is 3.54. The summed E-state index contributed by atoms with van der Waals surface area (Å²) >= 11 is 3.71. The van der Waals surface area contributed by atoms with Gasteiger partial charge in [0.05, 0.1) is 0 Å². The molecule has 36 valence electrons. The van der Waals surface area contributed by atoms with Crippen LogP contribution in [0.15, 0.2) is 10.8 Å². The molecule has 0 bridgehead atoms. The van der Waals surface area contributed by atoms with E-state index in [1.807, 2.05) is 23.5 Å². The SMILES string of the molecule is C1=CSCS1.S. The van der Waals surface area contributed by atoms with Gasteiger partial charge in [0.1, 0.15) is 0 Å². The fourth-order valence-corrected chi connectivity index (χ4v) is 1.77. The first-order chi connectivity index (χ1) is 2.50. The van der Waals surface area contributed by atoms with Crippen LogP contribution < -0.4 is 0 Å². The van der Waals surface area contributed by atoms with Crippen LogP contribution in [-0.4, -0.2) is 5.08 Å². The van der Waals surface area contributed by atoms with E-state index < -0.39 is 0 Å². The molecule has 0 atom stereocenters. The molecule has 0 aromatic heterocycles. The monoisotopic (exact) mass is 138 g/mol. The molecular weight excluding hydrogens is 132 g/mol. The highest BCUT2D eigenvalue weighted by Crippen LogP contribution is 2.22. The summed E-state index contributed by atoms with van der Waals surface area (Å²) < 4.78 is 0. The standard InChI is InChI=1S/C3H4S2.H2S/c1-2-5-3-4-1;/h1-2H,3H2;1H2. The van der Waals surface area contributed by atoms with Crippen molar-refractivity contribution in [2.24, 2.45) is 0 Å². The molecular formula is C3H6S3. The fraction of sp³-hybridized carbons (Fsp3) is 0.333. The normalized spacial score (nSPS) is 17.3. The molecule has 0 aromatic rings. The van der Waals surface area contributed by atoms with E-state index in [9.17, 15) is 0 Å². The molecule has 0 aliphatic carbocycles. The summed E-state index contributed by atoms with van der Waals surface area (Å²) in [4.78, 5) is 0. The third-order valence-electron chi connectivity index (χ3n) is 0.384. The van der Waals surface area contributed by atoms with E-state index in [-0.39, 0.29) is 13.5 Å². The van der Waals surface area contributed by atoms with Crippen LogP contribution in [-0.2, 0) is 0 Å². The molecule has 1 heterocycles. The Morgan fingerprint density at radius 3 is 1.83 bits per heavy atom. The molecule has 6 heavy (non-hydrogen) atoms. The van der Waals surface area contributed by atoms with Gasteiger partial charge in [0.25, 0.3) is 0 Å². The second-order valence-corrected chi connectivity index (χ2v) is 2.88. The second-order valence-electron chi connectivity index (χ2n) is 0.723. The quantitative estimate of drug-likeness (QED) is 0.502. The highest BCUT2D eigenvalue weighted by molar-refractivity contribution is 8.21. The molecule has 0 aromatic carbocycles. The number of hydrogen-bond acceptors (Lipinski definition) is 2. The first-order valence-electron chi connectivity index (χ1n) is 1.38. The molecule has 1 aliphatic heterocycles. The summed E-state index contributed by atoms with van der Waals surface area (Å²) in [5, 5.41) is 5.45. The third-order valence-corrected chi connectivity index (χ3v) is 2.30. The van der Waals surface area contributed by atoms with Crippen molar-refractivity contribution >= 4 is 37.0 Å². The molecule has 3 heteroatoms. The molecule has 0 spiro atoms. The predicted octanol–water partition coefficient (Wildman–Crippen LogP) is 2.01. The van der Waals surface area contributed by atoms with E-state index in [1.165, 1.54) is 5.08 Å². The molecule has 0 saturated carbocycles. The summed E-state index contributed by atoms with van der Waals surface area (Å²) in [6.07, 6.45) is 0. The minimum atomic E-state index is 0. The molecule has 1 aliphatic rings. The van der Waals surface area contributed by atoms with Gasteiger partial charge in [0, 0.05) is 5.08 Å². The van der Waals surface area contributed by atoms with Gasteiger partial charge in [-0.2, -0.15) is 13.5 Å². The lowest BCUT2D eigenvalue weighted by Crippen LogP contribution is -1.42. The van der Waals surface area contributed by atoms with Crippen LogP contribution >= 0.6 is 37.0 Å². The zero-order valence-corrected chi connectivity index (χ0v) is 5.81. The van der Waals surface area contributed by atoms with Crippen LogP contribution in [0.1, 0.15) is 0 Å². The largest absolute Gasteiger partial charge is 0.197 e. The van der Waals surface area contributed by atoms with Gasteiger partial charge in [-0.15, -0.1) is 23.5 Å². The third kappa shape index (κ3) is 2.05. The van der Waals surface area contributed by atoms with Gasteiger partial charge in [-0.05, 0) is 10.8 Å². The maximum absolute atomic E-state index is 2.12. The number of rotatable bonds is 0.